The molecule has 9 heteroatoms. The topological polar surface area (TPSA) is 57.5 Å². The third-order valence-electron chi connectivity index (χ3n) is 7.06. The van der Waals surface area contributed by atoms with Crippen LogP contribution in [0.4, 0.5) is 13.2 Å². The summed E-state index contributed by atoms with van der Waals surface area (Å²) < 4.78 is 56.9. The van der Waals surface area contributed by atoms with Crippen LogP contribution in [0.5, 0.6) is 0 Å². The second-order valence-corrected chi connectivity index (χ2v) is 14.9. The first-order valence-corrected chi connectivity index (χ1v) is 16.3. The molecule has 3 rings (SSSR count). The van der Waals surface area contributed by atoms with Gasteiger partial charge in [0.15, 0.2) is 0 Å². The van der Waals surface area contributed by atoms with Gasteiger partial charge in [0.05, 0.1) is 24.3 Å². The summed E-state index contributed by atoms with van der Waals surface area (Å²) in [5.41, 5.74) is -0.735. The summed E-state index contributed by atoms with van der Waals surface area (Å²) in [4.78, 5) is 26.7. The molecular formula is C32H41F3NO4Si. The van der Waals surface area contributed by atoms with Gasteiger partial charge in [0.2, 0.25) is 14.5 Å². The van der Waals surface area contributed by atoms with Crippen LogP contribution in [0.3, 0.4) is 0 Å². The van der Waals surface area contributed by atoms with E-state index in [0.717, 1.165) is 12.1 Å². The summed E-state index contributed by atoms with van der Waals surface area (Å²) >= 11 is 0. The SMILES string of the molecule is CCOC(=O)c1cn([C@H](C(O[Si](C)C)C(C)(C)C)C(C)(C)C)c2cc(F)c(CCc3ccc(F)cc3F)cc2c1=O. The predicted molar refractivity (Wildman–Crippen MR) is 158 cm³/mol. The maximum Gasteiger partial charge on any atom is 0.343 e. The molecule has 0 N–H and O–H groups in total. The number of ether oxygens (including phenoxy) is 1. The average molecular weight is 589 g/mol. The highest BCUT2D eigenvalue weighted by Crippen LogP contribution is 2.43. The Bertz CT molecular complexity index is 1470. The number of aryl methyl sites for hydroxylation is 2. The van der Waals surface area contributed by atoms with Gasteiger partial charge in [-0.25, -0.2) is 18.0 Å². The number of esters is 1. The number of hydrogen-bond donors (Lipinski definition) is 0. The van der Waals surface area contributed by atoms with Crippen molar-refractivity contribution in [1.29, 1.82) is 0 Å². The first-order chi connectivity index (χ1) is 18.9. The molecule has 0 fully saturated rings. The molecule has 0 bridgehead atoms. The molecule has 0 saturated carbocycles. The molecule has 223 valence electrons. The van der Waals surface area contributed by atoms with Gasteiger partial charge in [-0.15, -0.1) is 0 Å². The Labute approximate surface area is 242 Å². The minimum atomic E-state index is -1.17. The molecule has 1 radical (unpaired) electrons. The smallest absolute Gasteiger partial charge is 0.343 e. The summed E-state index contributed by atoms with van der Waals surface area (Å²) in [6.07, 6.45) is 1.31. The molecule has 0 aliphatic heterocycles. The van der Waals surface area contributed by atoms with Crippen LogP contribution >= 0.6 is 0 Å². The van der Waals surface area contributed by atoms with Gasteiger partial charge in [-0.3, -0.25) is 4.79 Å². The van der Waals surface area contributed by atoms with Crippen LogP contribution in [0.25, 0.3) is 10.9 Å². The molecule has 0 aliphatic rings. The normalized spacial score (nSPS) is 14.0. The Morgan fingerprint density at radius 1 is 0.927 bits per heavy atom. The monoisotopic (exact) mass is 588 g/mol. The standard InChI is InChI=1S/C32H41F3NO4Si/c1-10-39-30(38)23-18-36(28(31(2,3)4)29(32(5,6)7)40-41(8)9)26-17-25(35)20(15-22(26)27(23)37)12-11-19-13-14-21(33)16-24(19)34/h13-18,28-29H,10-12H2,1-9H3/t28-,29?/m1/s1. The fraction of sp³-hybridized carbons (Fsp3) is 0.500. The fourth-order valence-electron chi connectivity index (χ4n) is 5.17. The number of nitrogens with zero attached hydrogens (tertiary/aromatic N) is 1. The van der Waals surface area contributed by atoms with Gasteiger partial charge >= 0.3 is 5.97 Å². The van der Waals surface area contributed by atoms with Gasteiger partial charge < -0.3 is 13.7 Å². The minimum absolute atomic E-state index is 0.0707. The van der Waals surface area contributed by atoms with Gasteiger partial charge in [-0.05, 0) is 73.0 Å². The zero-order chi connectivity index (χ0) is 30.9. The van der Waals surface area contributed by atoms with Crippen LogP contribution in [0, 0.1) is 28.3 Å². The van der Waals surface area contributed by atoms with Crippen LogP contribution < -0.4 is 5.43 Å². The lowest BCUT2D eigenvalue weighted by Gasteiger charge is -2.46. The van der Waals surface area contributed by atoms with Crippen molar-refractivity contribution in [2.75, 3.05) is 6.61 Å². The second-order valence-electron chi connectivity index (χ2n) is 12.8. The first kappa shape index (κ1) is 32.6. The summed E-state index contributed by atoms with van der Waals surface area (Å²) in [5.74, 6) is -2.73. The van der Waals surface area contributed by atoms with Crippen molar-refractivity contribution in [3.8, 4) is 0 Å². The van der Waals surface area contributed by atoms with Gasteiger partial charge in [-0.2, -0.15) is 0 Å². The number of hydrogen-bond acceptors (Lipinski definition) is 4. The lowest BCUT2D eigenvalue weighted by molar-refractivity contribution is -0.00443. The Morgan fingerprint density at radius 3 is 2.07 bits per heavy atom. The quantitative estimate of drug-likeness (QED) is 0.190. The summed E-state index contributed by atoms with van der Waals surface area (Å²) in [6.45, 7) is 18.2. The van der Waals surface area contributed by atoms with Crippen LogP contribution in [-0.2, 0) is 22.0 Å². The number of rotatable bonds is 9. The highest BCUT2D eigenvalue weighted by Gasteiger charge is 2.42. The van der Waals surface area contributed by atoms with Crippen molar-refractivity contribution in [2.24, 2.45) is 10.8 Å². The lowest BCUT2D eigenvalue weighted by atomic mass is 9.74. The van der Waals surface area contributed by atoms with E-state index in [2.05, 4.69) is 20.8 Å². The van der Waals surface area contributed by atoms with Gasteiger partial charge in [-0.1, -0.05) is 47.6 Å². The number of benzene rings is 2. The second kappa shape index (κ2) is 12.5. The third-order valence-corrected chi connectivity index (χ3v) is 7.79. The van der Waals surface area contributed by atoms with E-state index in [1.807, 2.05) is 33.9 Å². The molecule has 41 heavy (non-hydrogen) atoms. The number of halogens is 3. The van der Waals surface area contributed by atoms with Crippen LogP contribution in [0.2, 0.25) is 13.1 Å². The molecule has 0 saturated heterocycles. The number of pyridine rings is 1. The highest BCUT2D eigenvalue weighted by atomic mass is 28.3. The number of fused-ring (bicyclic) bond motifs is 1. The summed E-state index contributed by atoms with van der Waals surface area (Å²) in [5, 5.41) is 0.159. The van der Waals surface area contributed by atoms with Crippen LogP contribution in [0.15, 0.2) is 41.3 Å². The molecule has 1 heterocycles. The third kappa shape index (κ3) is 7.49. The van der Waals surface area contributed by atoms with E-state index in [1.165, 1.54) is 24.4 Å². The molecule has 1 unspecified atom stereocenters. The van der Waals surface area contributed by atoms with E-state index >= 15 is 4.39 Å². The van der Waals surface area contributed by atoms with E-state index in [0.29, 0.717) is 5.52 Å². The molecule has 0 aliphatic carbocycles. The summed E-state index contributed by atoms with van der Waals surface area (Å²) in [7, 11) is -1.17. The maximum absolute atomic E-state index is 15.7. The summed E-state index contributed by atoms with van der Waals surface area (Å²) in [6, 6.07) is 5.62. The molecule has 5 nitrogen and oxygen atoms in total. The largest absolute Gasteiger partial charge is 0.462 e. The van der Waals surface area contributed by atoms with Gasteiger partial charge in [0.1, 0.15) is 23.0 Å². The molecule has 2 aromatic carbocycles. The number of carbonyl (C=O) groups is 1. The molecule has 0 spiro atoms. The van der Waals surface area contributed by atoms with Crippen LogP contribution in [0.1, 0.15) is 76.0 Å². The lowest BCUT2D eigenvalue weighted by Crippen LogP contribution is -2.46. The van der Waals surface area contributed by atoms with E-state index < -0.39 is 49.3 Å². The first-order valence-electron chi connectivity index (χ1n) is 13.9. The highest BCUT2D eigenvalue weighted by molar-refractivity contribution is 6.48. The number of carbonyl (C=O) groups excluding carboxylic acids is 1. The Hall–Kier alpha value is -2.91. The zero-order valence-corrected chi connectivity index (χ0v) is 26.5. The molecular weight excluding hydrogens is 547 g/mol. The van der Waals surface area contributed by atoms with Crippen molar-refractivity contribution >= 4 is 25.9 Å². The molecule has 3 aromatic rings. The van der Waals surface area contributed by atoms with Crippen LogP contribution in [-0.4, -0.2) is 32.3 Å². The van der Waals surface area contributed by atoms with Crippen molar-refractivity contribution in [2.45, 2.75) is 86.5 Å². The fourth-order valence-corrected chi connectivity index (χ4v) is 6.16. The van der Waals surface area contributed by atoms with E-state index in [1.54, 1.807) is 11.5 Å². The van der Waals surface area contributed by atoms with Crippen molar-refractivity contribution in [1.82, 2.24) is 4.57 Å². The Morgan fingerprint density at radius 2 is 1.54 bits per heavy atom. The Kier molecular flexibility index (Phi) is 9.96. The van der Waals surface area contributed by atoms with E-state index in [4.69, 9.17) is 9.16 Å². The van der Waals surface area contributed by atoms with E-state index in [9.17, 15) is 18.4 Å². The molecule has 0 amide bonds. The van der Waals surface area contributed by atoms with E-state index in [-0.39, 0.29) is 53.0 Å². The van der Waals surface area contributed by atoms with Crippen molar-refractivity contribution in [3.63, 3.8) is 0 Å². The number of aromatic nitrogens is 1. The van der Waals surface area contributed by atoms with Gasteiger partial charge in [0, 0.05) is 17.6 Å². The maximum atomic E-state index is 15.7. The zero-order valence-electron chi connectivity index (χ0n) is 25.5. The molecule has 1 aromatic heterocycles. The average Bonchev–Trinajstić information content (AvgIpc) is 2.83. The van der Waals surface area contributed by atoms with Crippen molar-refractivity contribution in [3.05, 3.63) is 80.9 Å². The van der Waals surface area contributed by atoms with Crippen molar-refractivity contribution < 1.29 is 27.1 Å². The Balaban J connectivity index is 2.31. The predicted octanol–water partition coefficient (Wildman–Crippen LogP) is 7.65. The van der Waals surface area contributed by atoms with Gasteiger partial charge in [0.25, 0.3) is 0 Å². The molecule has 2 atom stereocenters. The minimum Gasteiger partial charge on any atom is -0.462 e.